The van der Waals surface area contributed by atoms with Crippen LogP contribution in [0.25, 0.3) is 0 Å². The van der Waals surface area contributed by atoms with Gasteiger partial charge < -0.3 is 80.3 Å². The lowest BCUT2D eigenvalue weighted by Crippen LogP contribution is -2.47. The second-order valence-corrected chi connectivity index (χ2v) is 26.0. The van der Waals surface area contributed by atoms with Crippen LogP contribution in [0.4, 0.5) is 28.8 Å². The van der Waals surface area contributed by atoms with Gasteiger partial charge in [-0.15, -0.1) is 0 Å². The van der Waals surface area contributed by atoms with Crippen LogP contribution in [-0.4, -0.2) is 163 Å². The molecule has 6 aromatic carbocycles. The molecule has 1 aliphatic rings. The molecular weight excluding hydrogens is 1290 g/mol. The predicted octanol–water partition coefficient (Wildman–Crippen LogP) is 12.6. The zero-order chi connectivity index (χ0) is 71.5. The Morgan fingerprint density at radius 3 is 0.637 bits per heavy atom. The van der Waals surface area contributed by atoms with Crippen LogP contribution >= 0.6 is 0 Å². The van der Waals surface area contributed by atoms with Gasteiger partial charge in [0.2, 0.25) is 0 Å². The highest BCUT2D eigenvalue weighted by atomic mass is 16.6. The lowest BCUT2D eigenvalue weighted by Gasteiger charge is -2.35. The number of rotatable bonds is 42. The summed E-state index contributed by atoms with van der Waals surface area (Å²) < 4.78 is 33.3. The van der Waals surface area contributed by atoms with Crippen molar-refractivity contribution in [1.29, 1.82) is 0 Å². The molecule has 6 amide bonds. The largest absolute Gasteiger partial charge is 0.445 e. The van der Waals surface area contributed by atoms with E-state index in [1.807, 2.05) is 182 Å². The van der Waals surface area contributed by atoms with Crippen LogP contribution < -0.4 is 37.2 Å². The molecule has 7 N–H and O–H groups in total. The minimum absolute atomic E-state index is 0.176. The van der Waals surface area contributed by atoms with E-state index < -0.39 is 36.6 Å². The molecule has 1 heterocycles. The first-order chi connectivity index (χ1) is 50.1. The van der Waals surface area contributed by atoms with Gasteiger partial charge in [-0.05, 0) is 128 Å². The van der Waals surface area contributed by atoms with Crippen LogP contribution in [-0.2, 0) is 68.1 Å². The number of carbonyl (C=O) groups excluding carboxylic acids is 6. The summed E-state index contributed by atoms with van der Waals surface area (Å²) in [5.74, 6) is 0.670. The topological polar surface area (TPSA) is 252 Å². The Balaban J connectivity index is 1.04. The first-order valence-corrected chi connectivity index (χ1v) is 36.6. The SMILES string of the molecule is O=C(NCCCC(CCCNC(=O)OCc1ccccc1)CN1CCNCCN(CC(CCCNC(=O)OCc2ccccc2)CCCNC(=O)OCc2ccccc2)CCN(CC(CCCNC(=O)OCc2ccccc2)CCCNC(=O)OCc2ccccc2)CC1)OCc1ccccc1. The Labute approximate surface area is 604 Å². The number of benzene rings is 6. The Morgan fingerprint density at radius 2 is 0.451 bits per heavy atom. The van der Waals surface area contributed by atoms with Gasteiger partial charge in [-0.25, -0.2) is 28.8 Å². The number of alkyl carbamates (subject to hydrolysis) is 6. The first-order valence-electron chi connectivity index (χ1n) is 36.6. The summed E-state index contributed by atoms with van der Waals surface area (Å²) in [6.45, 7) is 12.4. The molecule has 22 nitrogen and oxygen atoms in total. The van der Waals surface area contributed by atoms with E-state index in [1.165, 1.54) is 0 Å². The maximum Gasteiger partial charge on any atom is 0.407 e. The van der Waals surface area contributed by atoms with Crippen molar-refractivity contribution in [2.24, 2.45) is 17.8 Å². The fourth-order valence-corrected chi connectivity index (χ4v) is 12.3. The lowest BCUT2D eigenvalue weighted by molar-refractivity contribution is 0.126. The van der Waals surface area contributed by atoms with Crippen LogP contribution in [0.1, 0.15) is 110 Å². The van der Waals surface area contributed by atoms with E-state index in [0.717, 1.165) is 182 Å². The number of hydrogen-bond donors (Lipinski definition) is 7. The molecule has 0 spiro atoms. The van der Waals surface area contributed by atoms with Crippen molar-refractivity contribution in [3.05, 3.63) is 215 Å². The summed E-state index contributed by atoms with van der Waals surface area (Å²) in [5.41, 5.74) is 5.47. The quantitative estimate of drug-likeness (QED) is 0.0139. The van der Waals surface area contributed by atoms with Crippen LogP contribution in [0.3, 0.4) is 0 Å². The summed E-state index contributed by atoms with van der Waals surface area (Å²) in [5, 5.41) is 21.6. The molecule has 0 bridgehead atoms. The highest BCUT2D eigenvalue weighted by Crippen LogP contribution is 2.21. The molecule has 1 fully saturated rings. The molecule has 0 unspecified atom stereocenters. The number of amides is 6. The molecular formula is C80H110N10O12. The van der Waals surface area contributed by atoms with E-state index >= 15 is 0 Å². The summed E-state index contributed by atoms with van der Waals surface area (Å²) in [7, 11) is 0. The van der Waals surface area contributed by atoms with Gasteiger partial charge in [0, 0.05) is 111 Å². The molecule has 0 radical (unpaired) electrons. The molecule has 1 aliphatic heterocycles. The number of hydrogen-bond acceptors (Lipinski definition) is 16. The molecule has 102 heavy (non-hydrogen) atoms. The van der Waals surface area contributed by atoms with E-state index in [9.17, 15) is 28.8 Å². The third kappa shape index (κ3) is 36.9. The fraction of sp³-hybridized carbons (Fsp3) is 0.475. The summed E-state index contributed by atoms with van der Waals surface area (Å²) >= 11 is 0. The van der Waals surface area contributed by atoms with Crippen molar-refractivity contribution < 1.29 is 57.2 Å². The van der Waals surface area contributed by atoms with E-state index in [4.69, 9.17) is 28.4 Å². The van der Waals surface area contributed by atoms with Gasteiger partial charge in [-0.1, -0.05) is 182 Å². The number of ether oxygens (including phenoxy) is 6. The van der Waals surface area contributed by atoms with E-state index in [2.05, 4.69) is 51.9 Å². The Kier molecular flexibility index (Phi) is 39.4. The molecule has 22 heteroatoms. The van der Waals surface area contributed by atoms with Crippen LogP contribution in [0.15, 0.2) is 182 Å². The number of nitrogens with one attached hydrogen (secondary N) is 7. The van der Waals surface area contributed by atoms with Crippen molar-refractivity contribution in [2.75, 3.05) is 111 Å². The Bertz CT molecular complexity index is 2890. The monoisotopic (exact) mass is 1400 g/mol. The molecule has 0 aromatic heterocycles. The van der Waals surface area contributed by atoms with Gasteiger partial charge in [0.15, 0.2) is 0 Å². The number of carbonyl (C=O) groups is 6. The minimum Gasteiger partial charge on any atom is -0.445 e. The van der Waals surface area contributed by atoms with Crippen LogP contribution in [0.5, 0.6) is 0 Å². The average Bonchev–Trinajstić information content (AvgIpc) is 3.13. The highest BCUT2D eigenvalue weighted by Gasteiger charge is 2.23. The van der Waals surface area contributed by atoms with Gasteiger partial charge in [0.25, 0.3) is 0 Å². The zero-order valence-corrected chi connectivity index (χ0v) is 59.5. The second-order valence-electron chi connectivity index (χ2n) is 26.0. The maximum absolute atomic E-state index is 13.0. The third-order valence-electron chi connectivity index (χ3n) is 17.9. The summed E-state index contributed by atoms with van der Waals surface area (Å²) in [6, 6.07) is 57.7. The normalized spacial score (nSPS) is 13.2. The smallest absolute Gasteiger partial charge is 0.407 e. The fourth-order valence-electron chi connectivity index (χ4n) is 12.3. The van der Waals surface area contributed by atoms with Gasteiger partial charge in [-0.2, -0.15) is 0 Å². The van der Waals surface area contributed by atoms with E-state index in [1.54, 1.807) is 0 Å². The van der Waals surface area contributed by atoms with Gasteiger partial charge >= 0.3 is 36.6 Å². The predicted molar refractivity (Wildman–Crippen MR) is 396 cm³/mol. The van der Waals surface area contributed by atoms with Crippen molar-refractivity contribution in [2.45, 2.75) is 117 Å². The molecule has 7 rings (SSSR count). The average molecular weight is 1400 g/mol. The second kappa shape index (κ2) is 50.2. The zero-order valence-electron chi connectivity index (χ0n) is 59.5. The summed E-state index contributed by atoms with van der Waals surface area (Å²) in [4.78, 5) is 85.2. The van der Waals surface area contributed by atoms with Crippen molar-refractivity contribution in [3.63, 3.8) is 0 Å². The van der Waals surface area contributed by atoms with E-state index in [-0.39, 0.29) is 57.4 Å². The van der Waals surface area contributed by atoms with Gasteiger partial charge in [-0.3, -0.25) is 0 Å². The molecule has 552 valence electrons. The van der Waals surface area contributed by atoms with E-state index in [0.29, 0.717) is 39.3 Å². The van der Waals surface area contributed by atoms with Gasteiger partial charge in [0.1, 0.15) is 39.6 Å². The van der Waals surface area contributed by atoms with Gasteiger partial charge in [0.05, 0.1) is 0 Å². The first kappa shape index (κ1) is 80.1. The Hall–Kier alpha value is -9.22. The van der Waals surface area contributed by atoms with Crippen molar-refractivity contribution in [1.82, 2.24) is 51.9 Å². The standard InChI is InChI=1S/C80H110N10O12/c91-75(97-60-69-25-7-1-8-26-69)82-43-19-37-66(38-20-44-83-76(92)98-61-70-27-9-2-10-28-70)57-88-51-49-81-50-52-89(58-67(39-21-45-84-77(93)99-62-71-29-11-3-12-30-71)40-22-46-85-78(94)100-63-72-31-13-4-14-32-72)54-56-90(55-53-88)59-68(41-23-47-86-79(95)101-64-73-33-15-5-16-34-73)42-24-48-87-80(96)102-65-74-35-17-6-18-36-74/h1-18,25-36,66-68,81H,19-24,37-65H2,(H,82,91)(H,83,92)(H,84,93)(H,85,94)(H,86,95)(H,87,96). The van der Waals surface area contributed by atoms with Crippen LogP contribution in [0.2, 0.25) is 0 Å². The van der Waals surface area contributed by atoms with Crippen molar-refractivity contribution >= 4 is 36.6 Å². The molecule has 0 atom stereocenters. The highest BCUT2D eigenvalue weighted by molar-refractivity contribution is 5.69. The summed E-state index contributed by atoms with van der Waals surface area (Å²) in [6.07, 6.45) is 6.65. The molecule has 1 saturated heterocycles. The Morgan fingerprint density at radius 1 is 0.275 bits per heavy atom. The lowest BCUT2D eigenvalue weighted by atomic mass is 9.95. The number of nitrogens with zero attached hydrogens (tertiary/aromatic N) is 3. The molecule has 6 aromatic rings. The molecule has 0 saturated carbocycles. The maximum atomic E-state index is 13.0. The van der Waals surface area contributed by atoms with Crippen LogP contribution in [0, 0.1) is 17.8 Å². The third-order valence-corrected chi connectivity index (χ3v) is 17.9. The minimum atomic E-state index is -0.464. The molecule has 0 aliphatic carbocycles. The van der Waals surface area contributed by atoms with Crippen molar-refractivity contribution in [3.8, 4) is 0 Å².